The van der Waals surface area contributed by atoms with Crippen LogP contribution >= 0.6 is 0 Å². The zero-order valence-corrected chi connectivity index (χ0v) is 12.8. The van der Waals surface area contributed by atoms with Crippen LogP contribution in [-0.4, -0.2) is 27.9 Å². The summed E-state index contributed by atoms with van der Waals surface area (Å²) in [6, 6.07) is 9.19. The van der Waals surface area contributed by atoms with Gasteiger partial charge in [-0.15, -0.1) is 0 Å². The molecule has 22 heavy (non-hydrogen) atoms. The van der Waals surface area contributed by atoms with Crippen LogP contribution in [0.3, 0.4) is 0 Å². The maximum atomic E-state index is 12.7. The summed E-state index contributed by atoms with van der Waals surface area (Å²) in [5.74, 6) is -0.136. The Balaban J connectivity index is 1.96. The van der Waals surface area contributed by atoms with Crippen LogP contribution in [0.1, 0.15) is 18.5 Å². The third-order valence-electron chi connectivity index (χ3n) is 4.18. The molecule has 2 heterocycles. The average molecular weight is 300 g/mol. The van der Waals surface area contributed by atoms with Gasteiger partial charge in [-0.1, -0.05) is 18.2 Å². The molecule has 1 saturated heterocycles. The monoisotopic (exact) mass is 300 g/mol. The number of nitrogens with zero attached hydrogens (tertiary/aromatic N) is 2. The van der Waals surface area contributed by atoms with E-state index in [0.29, 0.717) is 5.69 Å². The lowest BCUT2D eigenvalue weighted by atomic mass is 10.2. The van der Waals surface area contributed by atoms with Gasteiger partial charge in [0.05, 0.1) is 17.4 Å². The first kappa shape index (κ1) is 14.6. The average Bonchev–Trinajstić information content (AvgIpc) is 3.13. The summed E-state index contributed by atoms with van der Waals surface area (Å²) in [7, 11) is 1.81. The molecule has 0 bridgehead atoms. The Morgan fingerprint density at radius 2 is 2.05 bits per heavy atom. The molecule has 1 aliphatic rings. The van der Waals surface area contributed by atoms with Crippen molar-refractivity contribution in [2.24, 2.45) is 7.05 Å². The minimum absolute atomic E-state index is 0.136. The summed E-state index contributed by atoms with van der Waals surface area (Å²) in [4.78, 5) is 24.9. The predicted octanol–water partition coefficient (Wildman–Crippen LogP) is 1.17. The number of aromatic nitrogens is 2. The lowest BCUT2D eigenvalue weighted by molar-refractivity contribution is -0.117. The van der Waals surface area contributed by atoms with Crippen molar-refractivity contribution in [1.29, 1.82) is 0 Å². The molecule has 2 aromatic rings. The minimum Gasteiger partial charge on any atom is -0.319 e. The minimum atomic E-state index is -0.211. The van der Waals surface area contributed by atoms with E-state index in [1.54, 1.807) is 9.36 Å². The van der Waals surface area contributed by atoms with Gasteiger partial charge in [0.15, 0.2) is 0 Å². The molecule has 6 nitrogen and oxygen atoms in total. The molecule has 0 spiro atoms. The Hall–Kier alpha value is -2.34. The van der Waals surface area contributed by atoms with E-state index in [2.05, 4.69) is 10.6 Å². The van der Waals surface area contributed by atoms with Crippen molar-refractivity contribution in [3.63, 3.8) is 0 Å². The fraction of sp³-hybridized carbons (Fsp3) is 0.375. The number of amides is 1. The molecule has 1 fully saturated rings. The maximum absolute atomic E-state index is 12.7. The molecule has 1 aromatic carbocycles. The largest absolute Gasteiger partial charge is 0.319 e. The summed E-state index contributed by atoms with van der Waals surface area (Å²) in [6.07, 6.45) is 1.80. The topological polar surface area (TPSA) is 68.1 Å². The molecular formula is C16H20N4O2. The van der Waals surface area contributed by atoms with Crippen LogP contribution in [0.15, 0.2) is 35.1 Å². The smallest absolute Gasteiger partial charge is 0.295 e. The molecule has 1 aromatic heterocycles. The first-order valence-corrected chi connectivity index (χ1v) is 7.48. The molecule has 1 aliphatic heterocycles. The predicted molar refractivity (Wildman–Crippen MR) is 85.4 cm³/mol. The number of benzene rings is 1. The second-order valence-corrected chi connectivity index (χ2v) is 5.57. The summed E-state index contributed by atoms with van der Waals surface area (Å²) < 4.78 is 3.32. The van der Waals surface area contributed by atoms with Crippen molar-refractivity contribution in [2.75, 3.05) is 11.9 Å². The molecule has 1 amide bonds. The molecule has 6 heteroatoms. The van der Waals surface area contributed by atoms with E-state index in [0.717, 1.165) is 30.8 Å². The van der Waals surface area contributed by atoms with Crippen LogP contribution in [-0.2, 0) is 11.8 Å². The Morgan fingerprint density at radius 3 is 2.68 bits per heavy atom. The quantitative estimate of drug-likeness (QED) is 0.894. The number of anilines is 1. The molecule has 0 saturated carbocycles. The summed E-state index contributed by atoms with van der Waals surface area (Å²) in [5, 5.41) is 5.94. The highest BCUT2D eigenvalue weighted by molar-refractivity contribution is 5.95. The fourth-order valence-electron chi connectivity index (χ4n) is 2.83. The number of rotatable bonds is 3. The normalized spacial score (nSPS) is 17.6. The van der Waals surface area contributed by atoms with Crippen LogP contribution in [0.2, 0.25) is 0 Å². The van der Waals surface area contributed by atoms with Crippen molar-refractivity contribution < 1.29 is 4.79 Å². The molecular weight excluding hydrogens is 280 g/mol. The molecule has 1 atom stereocenters. The first-order chi connectivity index (χ1) is 10.6. The van der Waals surface area contributed by atoms with Gasteiger partial charge in [-0.25, -0.2) is 4.68 Å². The van der Waals surface area contributed by atoms with Gasteiger partial charge >= 0.3 is 0 Å². The molecule has 0 radical (unpaired) electrons. The van der Waals surface area contributed by atoms with E-state index in [9.17, 15) is 9.59 Å². The van der Waals surface area contributed by atoms with Crippen LogP contribution in [0, 0.1) is 6.92 Å². The molecule has 0 aliphatic carbocycles. The lowest BCUT2D eigenvalue weighted by Gasteiger charge is -2.09. The van der Waals surface area contributed by atoms with Crippen LogP contribution in [0.5, 0.6) is 0 Å². The number of carbonyl (C=O) groups excluding carboxylic acids is 1. The zero-order chi connectivity index (χ0) is 15.7. The number of hydrogen-bond acceptors (Lipinski definition) is 3. The van der Waals surface area contributed by atoms with Crippen molar-refractivity contribution in [2.45, 2.75) is 25.8 Å². The van der Waals surface area contributed by atoms with Crippen LogP contribution in [0.25, 0.3) is 5.69 Å². The van der Waals surface area contributed by atoms with Gasteiger partial charge in [-0.2, -0.15) is 0 Å². The highest BCUT2D eigenvalue weighted by Gasteiger charge is 2.25. The van der Waals surface area contributed by atoms with Gasteiger partial charge in [0, 0.05) is 7.05 Å². The van der Waals surface area contributed by atoms with Crippen LogP contribution < -0.4 is 16.2 Å². The molecule has 3 rings (SSSR count). The lowest BCUT2D eigenvalue weighted by Crippen LogP contribution is -2.36. The van der Waals surface area contributed by atoms with Crippen molar-refractivity contribution >= 4 is 11.6 Å². The van der Waals surface area contributed by atoms with Gasteiger partial charge in [0.25, 0.3) is 5.56 Å². The summed E-state index contributed by atoms with van der Waals surface area (Å²) >= 11 is 0. The number of carbonyl (C=O) groups is 1. The van der Waals surface area contributed by atoms with E-state index >= 15 is 0 Å². The maximum Gasteiger partial charge on any atom is 0.295 e. The summed E-state index contributed by atoms with van der Waals surface area (Å²) in [6.45, 7) is 2.68. The van der Waals surface area contributed by atoms with Crippen LogP contribution in [0.4, 0.5) is 5.69 Å². The Morgan fingerprint density at radius 1 is 1.32 bits per heavy atom. The van der Waals surface area contributed by atoms with Crippen molar-refractivity contribution in [1.82, 2.24) is 14.7 Å². The van der Waals surface area contributed by atoms with E-state index in [1.165, 1.54) is 0 Å². The van der Waals surface area contributed by atoms with Gasteiger partial charge in [0.2, 0.25) is 5.91 Å². The number of para-hydroxylation sites is 1. The second-order valence-electron chi connectivity index (χ2n) is 5.57. The van der Waals surface area contributed by atoms with Gasteiger partial charge in [0.1, 0.15) is 5.69 Å². The van der Waals surface area contributed by atoms with Crippen molar-refractivity contribution in [3.05, 3.63) is 46.4 Å². The Labute approximate surface area is 128 Å². The van der Waals surface area contributed by atoms with E-state index in [-0.39, 0.29) is 17.5 Å². The van der Waals surface area contributed by atoms with Gasteiger partial charge in [-0.3, -0.25) is 14.3 Å². The second kappa shape index (κ2) is 5.81. The molecule has 1 unspecified atom stereocenters. The van der Waals surface area contributed by atoms with E-state index in [4.69, 9.17) is 0 Å². The summed E-state index contributed by atoms with van der Waals surface area (Å²) in [5.41, 5.74) is 1.65. The van der Waals surface area contributed by atoms with E-state index in [1.807, 2.05) is 44.3 Å². The molecule has 2 N–H and O–H groups in total. The SMILES string of the molecule is Cc1c(NC(=O)C2CCCN2)c(=O)n(-c2ccccc2)n1C. The number of hydrogen-bond donors (Lipinski definition) is 2. The highest BCUT2D eigenvalue weighted by atomic mass is 16.2. The van der Waals surface area contributed by atoms with Gasteiger partial charge in [-0.05, 0) is 38.4 Å². The third-order valence-corrected chi connectivity index (χ3v) is 4.18. The third kappa shape index (κ3) is 2.46. The zero-order valence-electron chi connectivity index (χ0n) is 12.8. The van der Waals surface area contributed by atoms with Gasteiger partial charge < -0.3 is 10.6 Å². The standard InChI is InChI=1S/C16H20N4O2/c1-11-14(18-15(21)13-9-6-10-17-13)16(22)20(19(11)2)12-7-4-3-5-8-12/h3-5,7-8,13,17H,6,9-10H2,1-2H3,(H,18,21). The van der Waals surface area contributed by atoms with Crippen molar-refractivity contribution in [3.8, 4) is 5.69 Å². The fourth-order valence-corrected chi connectivity index (χ4v) is 2.83. The Kier molecular flexibility index (Phi) is 3.85. The number of nitrogens with one attached hydrogen (secondary N) is 2. The molecule has 116 valence electrons. The Bertz CT molecular complexity index is 739. The first-order valence-electron chi connectivity index (χ1n) is 7.48. The van der Waals surface area contributed by atoms with E-state index < -0.39 is 0 Å². The highest BCUT2D eigenvalue weighted by Crippen LogP contribution is 2.15.